The molecule has 0 radical (unpaired) electrons. The van der Waals surface area contributed by atoms with Crippen LogP contribution in [0.2, 0.25) is 5.02 Å². The molecule has 0 aliphatic rings. The zero-order valence-corrected chi connectivity index (χ0v) is 10.2. The number of fused-ring (bicyclic) bond motifs is 1. The van der Waals surface area contributed by atoms with Crippen LogP contribution in [0.15, 0.2) is 18.3 Å². The molecule has 0 spiro atoms. The van der Waals surface area contributed by atoms with Crippen LogP contribution in [-0.4, -0.2) is 21.2 Å². The monoisotopic (exact) mass is 253 g/mol. The second kappa shape index (κ2) is 3.75. The highest BCUT2D eigenvalue weighted by Crippen LogP contribution is 2.34. The molecule has 1 aromatic heterocycles. The second-order valence-corrected chi connectivity index (χ2v) is 4.79. The number of aliphatic hydroxyl groups is 1. The van der Waals surface area contributed by atoms with Gasteiger partial charge in [-0.1, -0.05) is 11.6 Å². The minimum absolute atomic E-state index is 0.00380. The third kappa shape index (κ3) is 1.90. The van der Waals surface area contributed by atoms with Gasteiger partial charge in [-0.25, -0.2) is 4.79 Å². The predicted molar refractivity (Wildman–Crippen MR) is 65.5 cm³/mol. The fourth-order valence-electron chi connectivity index (χ4n) is 1.84. The lowest BCUT2D eigenvalue weighted by molar-refractivity contribution is 0.0694. The van der Waals surface area contributed by atoms with Crippen LogP contribution in [0.3, 0.4) is 0 Å². The number of carboxylic acids is 1. The third-order valence-electron chi connectivity index (χ3n) is 2.67. The maximum Gasteiger partial charge on any atom is 0.337 e. The van der Waals surface area contributed by atoms with E-state index in [1.54, 1.807) is 26.1 Å². The van der Waals surface area contributed by atoms with Gasteiger partial charge >= 0.3 is 5.97 Å². The van der Waals surface area contributed by atoms with E-state index in [0.717, 1.165) is 0 Å². The summed E-state index contributed by atoms with van der Waals surface area (Å²) in [5.74, 6) is -1.11. The summed E-state index contributed by atoms with van der Waals surface area (Å²) < 4.78 is 0. The number of H-pyrrole nitrogens is 1. The Morgan fingerprint density at radius 1 is 1.47 bits per heavy atom. The number of hydrogen-bond donors (Lipinski definition) is 3. The topological polar surface area (TPSA) is 73.3 Å². The predicted octanol–water partition coefficient (Wildman–Crippen LogP) is 2.75. The van der Waals surface area contributed by atoms with Crippen molar-refractivity contribution >= 4 is 28.5 Å². The first-order chi connectivity index (χ1) is 7.82. The van der Waals surface area contributed by atoms with Gasteiger partial charge in [0, 0.05) is 17.1 Å². The number of aromatic nitrogens is 1. The van der Waals surface area contributed by atoms with Crippen LogP contribution in [0.5, 0.6) is 0 Å². The highest BCUT2D eigenvalue weighted by Gasteiger charge is 2.24. The molecular formula is C12H12ClNO3. The van der Waals surface area contributed by atoms with Gasteiger partial charge in [-0.2, -0.15) is 0 Å². The van der Waals surface area contributed by atoms with E-state index in [-0.39, 0.29) is 10.6 Å². The minimum atomic E-state index is -1.14. The first-order valence-corrected chi connectivity index (χ1v) is 5.46. The summed E-state index contributed by atoms with van der Waals surface area (Å²) in [5.41, 5.74) is 0.0282. The number of rotatable bonds is 2. The molecule has 2 aromatic rings. The van der Waals surface area contributed by atoms with E-state index in [1.165, 1.54) is 6.07 Å². The first kappa shape index (κ1) is 12.0. The van der Waals surface area contributed by atoms with Gasteiger partial charge in [0.1, 0.15) is 0 Å². The van der Waals surface area contributed by atoms with E-state index >= 15 is 0 Å². The molecule has 0 atom stereocenters. The summed E-state index contributed by atoms with van der Waals surface area (Å²) in [6, 6.07) is 3.10. The average Bonchev–Trinajstić information content (AvgIpc) is 2.64. The van der Waals surface area contributed by atoms with Crippen LogP contribution in [-0.2, 0) is 5.60 Å². The van der Waals surface area contributed by atoms with Crippen molar-refractivity contribution < 1.29 is 15.0 Å². The fourth-order valence-corrected chi connectivity index (χ4v) is 2.13. The van der Waals surface area contributed by atoms with Crippen LogP contribution in [0, 0.1) is 0 Å². The largest absolute Gasteiger partial charge is 0.478 e. The van der Waals surface area contributed by atoms with E-state index in [0.29, 0.717) is 16.5 Å². The van der Waals surface area contributed by atoms with E-state index in [2.05, 4.69) is 4.98 Å². The summed E-state index contributed by atoms with van der Waals surface area (Å²) in [6.45, 7) is 3.20. The molecule has 4 nitrogen and oxygen atoms in total. The van der Waals surface area contributed by atoms with Crippen molar-refractivity contribution in [1.29, 1.82) is 0 Å². The van der Waals surface area contributed by atoms with Crippen LogP contribution in [0.4, 0.5) is 0 Å². The lowest BCUT2D eigenvalue weighted by Gasteiger charge is -2.20. The van der Waals surface area contributed by atoms with Crippen molar-refractivity contribution in [2.75, 3.05) is 0 Å². The van der Waals surface area contributed by atoms with Gasteiger partial charge in [-0.15, -0.1) is 0 Å². The van der Waals surface area contributed by atoms with E-state index in [1.807, 2.05) is 0 Å². The number of nitrogens with one attached hydrogen (secondary N) is 1. The van der Waals surface area contributed by atoms with Crippen LogP contribution in [0.1, 0.15) is 29.8 Å². The van der Waals surface area contributed by atoms with Gasteiger partial charge in [0.2, 0.25) is 0 Å². The lowest BCUT2D eigenvalue weighted by atomic mass is 9.94. The summed E-state index contributed by atoms with van der Waals surface area (Å²) >= 11 is 6.02. The number of hydrogen-bond acceptors (Lipinski definition) is 2. The zero-order valence-electron chi connectivity index (χ0n) is 9.41. The Labute approximate surface area is 103 Å². The summed E-state index contributed by atoms with van der Waals surface area (Å²) in [4.78, 5) is 14.1. The molecule has 17 heavy (non-hydrogen) atoms. The standard InChI is InChI=1S/C12H12ClNO3/c1-12(2,17)8-5-7(11(15)16)9(13)6-3-4-14-10(6)8/h3-5,14,17H,1-2H3,(H,15,16). The molecule has 5 heteroatoms. The lowest BCUT2D eigenvalue weighted by Crippen LogP contribution is -2.17. The molecule has 3 N–H and O–H groups in total. The Hall–Kier alpha value is -1.52. The normalized spacial score (nSPS) is 12.0. The van der Waals surface area contributed by atoms with Gasteiger partial charge in [0.05, 0.1) is 21.7 Å². The zero-order chi connectivity index (χ0) is 12.8. The Balaban J connectivity index is 2.89. The number of aromatic amines is 1. The molecule has 0 fully saturated rings. The third-order valence-corrected chi connectivity index (χ3v) is 3.07. The highest BCUT2D eigenvalue weighted by atomic mass is 35.5. The minimum Gasteiger partial charge on any atom is -0.478 e. The Bertz CT molecular complexity index is 596. The number of carboxylic acid groups (broad SMARTS) is 1. The van der Waals surface area contributed by atoms with E-state index in [9.17, 15) is 9.90 Å². The Morgan fingerprint density at radius 3 is 2.65 bits per heavy atom. The number of carbonyl (C=O) groups is 1. The maximum atomic E-state index is 11.1. The molecule has 0 aliphatic carbocycles. The molecule has 0 saturated carbocycles. The first-order valence-electron chi connectivity index (χ1n) is 5.08. The smallest absolute Gasteiger partial charge is 0.337 e. The fraction of sp³-hybridized carbons (Fsp3) is 0.250. The Kier molecular flexibility index (Phi) is 2.64. The molecule has 0 amide bonds. The van der Waals surface area contributed by atoms with E-state index in [4.69, 9.17) is 16.7 Å². The van der Waals surface area contributed by atoms with Gasteiger partial charge < -0.3 is 15.2 Å². The molecule has 0 unspecified atom stereocenters. The van der Waals surface area contributed by atoms with Gasteiger partial charge in [-0.3, -0.25) is 0 Å². The quantitative estimate of drug-likeness (QED) is 0.770. The molecule has 0 saturated heterocycles. The summed E-state index contributed by atoms with van der Waals surface area (Å²) in [7, 11) is 0. The summed E-state index contributed by atoms with van der Waals surface area (Å²) in [6.07, 6.45) is 1.66. The van der Waals surface area contributed by atoms with E-state index < -0.39 is 11.6 Å². The molecule has 90 valence electrons. The SMILES string of the molecule is CC(C)(O)c1cc(C(=O)O)c(Cl)c2cc[nH]c12. The molecule has 0 aliphatic heterocycles. The number of benzene rings is 1. The Morgan fingerprint density at radius 2 is 2.12 bits per heavy atom. The van der Waals surface area contributed by atoms with Crippen molar-refractivity contribution in [3.05, 3.63) is 34.5 Å². The highest BCUT2D eigenvalue weighted by molar-refractivity contribution is 6.38. The van der Waals surface area contributed by atoms with Crippen molar-refractivity contribution in [1.82, 2.24) is 4.98 Å². The molecule has 1 heterocycles. The van der Waals surface area contributed by atoms with Crippen LogP contribution in [0.25, 0.3) is 10.9 Å². The van der Waals surface area contributed by atoms with Gasteiger partial charge in [0.15, 0.2) is 0 Å². The van der Waals surface area contributed by atoms with Gasteiger partial charge in [0.25, 0.3) is 0 Å². The van der Waals surface area contributed by atoms with Crippen molar-refractivity contribution in [3.63, 3.8) is 0 Å². The number of halogens is 1. The maximum absolute atomic E-state index is 11.1. The van der Waals surface area contributed by atoms with Gasteiger partial charge in [-0.05, 0) is 26.0 Å². The average molecular weight is 254 g/mol. The van der Waals surface area contributed by atoms with Crippen molar-refractivity contribution in [2.45, 2.75) is 19.4 Å². The summed E-state index contributed by atoms with van der Waals surface area (Å²) in [5, 5.41) is 19.9. The van der Waals surface area contributed by atoms with Crippen molar-refractivity contribution in [3.8, 4) is 0 Å². The van der Waals surface area contributed by atoms with Crippen LogP contribution < -0.4 is 0 Å². The number of aromatic carboxylic acids is 1. The van der Waals surface area contributed by atoms with Crippen molar-refractivity contribution in [2.24, 2.45) is 0 Å². The molecule has 2 rings (SSSR count). The molecular weight excluding hydrogens is 242 g/mol. The second-order valence-electron chi connectivity index (χ2n) is 4.42. The van der Waals surface area contributed by atoms with Crippen LogP contribution >= 0.6 is 11.6 Å². The molecule has 0 bridgehead atoms. The molecule has 1 aromatic carbocycles.